The minimum atomic E-state index is -0.414. The summed E-state index contributed by atoms with van der Waals surface area (Å²) in [5.74, 6) is 2.07. The number of urea groups is 1. The highest BCUT2D eigenvalue weighted by molar-refractivity contribution is 5.96. The van der Waals surface area contributed by atoms with Crippen molar-refractivity contribution in [1.29, 1.82) is 0 Å². The van der Waals surface area contributed by atoms with E-state index in [1.165, 1.54) is 0 Å². The predicted octanol–water partition coefficient (Wildman–Crippen LogP) is 3.78. The molecule has 0 fully saturated rings. The molecule has 34 heavy (non-hydrogen) atoms. The monoisotopic (exact) mass is 467 g/mol. The Morgan fingerprint density at radius 2 is 1.74 bits per heavy atom. The molecule has 2 amide bonds. The third kappa shape index (κ3) is 6.67. The Morgan fingerprint density at radius 1 is 1.03 bits per heavy atom. The van der Waals surface area contributed by atoms with Crippen molar-refractivity contribution in [1.82, 2.24) is 20.3 Å². The first kappa shape index (κ1) is 25.0. The van der Waals surface area contributed by atoms with Crippen molar-refractivity contribution >= 4 is 28.8 Å². The van der Waals surface area contributed by atoms with Crippen LogP contribution in [0.25, 0.3) is 22.2 Å². The number of carbonyl (C=O) groups is 1. The van der Waals surface area contributed by atoms with E-state index in [0.717, 1.165) is 23.8 Å². The zero-order chi connectivity index (χ0) is 24.7. The van der Waals surface area contributed by atoms with Gasteiger partial charge in [-0.15, -0.1) is 0 Å². The van der Waals surface area contributed by atoms with Gasteiger partial charge < -0.3 is 25.8 Å². The summed E-state index contributed by atoms with van der Waals surface area (Å²) < 4.78 is 10.8. The molecule has 0 aliphatic heterocycles. The standard InChI is InChI=1S/C24H33N7O3/c1-24(2,3)31-23(32)30-21-19(15-10-17(33-4)13-18(11-15)34-5)12-16-14-27-22(29-20(16)28-21)26-9-7-6-8-25/h10-14H,6-9,25H2,1-5H3,(H3,26,27,28,29,30,31,32). The summed E-state index contributed by atoms with van der Waals surface area (Å²) in [6.45, 7) is 7.08. The number of hydrogen-bond acceptors (Lipinski definition) is 8. The lowest BCUT2D eigenvalue weighted by atomic mass is 10.0. The Balaban J connectivity index is 2.05. The van der Waals surface area contributed by atoms with E-state index in [1.807, 2.05) is 39.0 Å². The van der Waals surface area contributed by atoms with Crippen molar-refractivity contribution in [3.8, 4) is 22.6 Å². The van der Waals surface area contributed by atoms with Crippen LogP contribution in [0.4, 0.5) is 16.6 Å². The highest BCUT2D eigenvalue weighted by Crippen LogP contribution is 2.35. The summed E-state index contributed by atoms with van der Waals surface area (Å²) in [7, 11) is 3.17. The molecule has 0 spiro atoms. The van der Waals surface area contributed by atoms with Gasteiger partial charge in [0.25, 0.3) is 0 Å². The summed E-state index contributed by atoms with van der Waals surface area (Å²) in [5, 5.41) is 9.69. The Labute approximate surface area is 199 Å². The van der Waals surface area contributed by atoms with E-state index in [0.29, 0.717) is 47.6 Å². The van der Waals surface area contributed by atoms with Crippen LogP contribution in [0, 0.1) is 0 Å². The van der Waals surface area contributed by atoms with Crippen LogP contribution < -0.4 is 31.2 Å². The highest BCUT2D eigenvalue weighted by Gasteiger charge is 2.18. The van der Waals surface area contributed by atoms with E-state index < -0.39 is 5.54 Å². The van der Waals surface area contributed by atoms with Crippen LogP contribution in [0.3, 0.4) is 0 Å². The average molecular weight is 468 g/mol. The minimum absolute atomic E-state index is 0.359. The number of unbranched alkanes of at least 4 members (excludes halogenated alkanes) is 1. The number of anilines is 2. The maximum atomic E-state index is 12.7. The number of pyridine rings is 1. The Kier molecular flexibility index (Phi) is 8.06. The summed E-state index contributed by atoms with van der Waals surface area (Å²) in [5.41, 5.74) is 7.04. The number of nitrogens with two attached hydrogens (primary N) is 1. The molecule has 0 unspecified atom stereocenters. The molecule has 1 aromatic carbocycles. The zero-order valence-corrected chi connectivity index (χ0v) is 20.4. The van der Waals surface area contributed by atoms with Gasteiger partial charge in [-0.25, -0.2) is 14.8 Å². The van der Waals surface area contributed by atoms with E-state index in [4.69, 9.17) is 15.2 Å². The number of ether oxygens (including phenoxy) is 2. The lowest BCUT2D eigenvalue weighted by Crippen LogP contribution is -2.43. The smallest absolute Gasteiger partial charge is 0.320 e. The van der Waals surface area contributed by atoms with Gasteiger partial charge >= 0.3 is 6.03 Å². The van der Waals surface area contributed by atoms with E-state index in [9.17, 15) is 4.79 Å². The molecule has 2 aromatic heterocycles. The summed E-state index contributed by atoms with van der Waals surface area (Å²) >= 11 is 0. The van der Waals surface area contributed by atoms with Crippen molar-refractivity contribution in [2.45, 2.75) is 39.2 Å². The van der Waals surface area contributed by atoms with Gasteiger partial charge in [0.05, 0.1) is 14.2 Å². The third-order valence-corrected chi connectivity index (χ3v) is 4.87. The molecule has 0 aliphatic carbocycles. The van der Waals surface area contributed by atoms with Gasteiger partial charge in [0.2, 0.25) is 5.95 Å². The third-order valence-electron chi connectivity index (χ3n) is 4.87. The molecule has 182 valence electrons. The molecule has 0 atom stereocenters. The quantitative estimate of drug-likeness (QED) is 0.349. The van der Waals surface area contributed by atoms with Gasteiger partial charge in [0.15, 0.2) is 5.65 Å². The zero-order valence-electron chi connectivity index (χ0n) is 20.4. The van der Waals surface area contributed by atoms with E-state index in [-0.39, 0.29) is 6.03 Å². The molecule has 3 rings (SSSR count). The second-order valence-corrected chi connectivity index (χ2v) is 8.84. The molecular weight excluding hydrogens is 434 g/mol. The average Bonchev–Trinajstić information content (AvgIpc) is 2.79. The molecule has 0 aliphatic rings. The Hall–Kier alpha value is -3.66. The van der Waals surface area contributed by atoms with Gasteiger partial charge in [-0.2, -0.15) is 4.98 Å². The molecule has 0 bridgehead atoms. The number of amides is 2. The normalized spacial score (nSPS) is 11.2. The van der Waals surface area contributed by atoms with Crippen molar-refractivity contribution in [2.24, 2.45) is 5.73 Å². The number of nitrogens with one attached hydrogen (secondary N) is 3. The Bertz CT molecular complexity index is 1120. The summed E-state index contributed by atoms with van der Waals surface area (Å²) in [4.78, 5) is 26.3. The first-order chi connectivity index (χ1) is 16.2. The summed E-state index contributed by atoms with van der Waals surface area (Å²) in [6.07, 6.45) is 3.55. The molecule has 10 heteroatoms. The fourth-order valence-corrected chi connectivity index (χ4v) is 3.28. The van der Waals surface area contributed by atoms with E-state index in [1.54, 1.807) is 26.5 Å². The van der Waals surface area contributed by atoms with Crippen molar-refractivity contribution in [2.75, 3.05) is 37.9 Å². The number of carbonyl (C=O) groups excluding carboxylic acids is 1. The number of fused-ring (bicyclic) bond motifs is 1. The number of aromatic nitrogens is 3. The molecule has 0 saturated heterocycles. The number of rotatable bonds is 9. The van der Waals surface area contributed by atoms with Crippen LogP contribution in [0.15, 0.2) is 30.5 Å². The molecule has 5 N–H and O–H groups in total. The van der Waals surface area contributed by atoms with Crippen LogP contribution in [-0.2, 0) is 0 Å². The van der Waals surface area contributed by atoms with E-state index >= 15 is 0 Å². The van der Waals surface area contributed by atoms with Crippen LogP contribution >= 0.6 is 0 Å². The number of hydrogen-bond donors (Lipinski definition) is 4. The van der Waals surface area contributed by atoms with Crippen LogP contribution in [0.2, 0.25) is 0 Å². The molecule has 0 saturated carbocycles. The van der Waals surface area contributed by atoms with Crippen LogP contribution in [-0.4, -0.2) is 53.8 Å². The SMILES string of the molecule is COc1cc(OC)cc(-c2cc3cnc(NCCCCN)nc3nc2NC(=O)NC(C)(C)C)c1. The second kappa shape index (κ2) is 11.0. The number of methoxy groups -OCH3 is 2. The topological polar surface area (TPSA) is 136 Å². The minimum Gasteiger partial charge on any atom is -0.497 e. The first-order valence-electron chi connectivity index (χ1n) is 11.2. The molecule has 2 heterocycles. The van der Waals surface area contributed by atoms with Crippen molar-refractivity contribution in [3.63, 3.8) is 0 Å². The maximum absolute atomic E-state index is 12.7. The first-order valence-corrected chi connectivity index (χ1v) is 11.2. The molecule has 10 nitrogen and oxygen atoms in total. The second-order valence-electron chi connectivity index (χ2n) is 8.84. The van der Waals surface area contributed by atoms with Gasteiger partial charge in [-0.3, -0.25) is 5.32 Å². The van der Waals surface area contributed by atoms with Gasteiger partial charge in [-0.05, 0) is 63.9 Å². The largest absolute Gasteiger partial charge is 0.497 e. The maximum Gasteiger partial charge on any atom is 0.320 e. The van der Waals surface area contributed by atoms with Crippen molar-refractivity contribution < 1.29 is 14.3 Å². The van der Waals surface area contributed by atoms with Gasteiger partial charge in [-0.1, -0.05) is 0 Å². The van der Waals surface area contributed by atoms with Crippen molar-refractivity contribution in [3.05, 3.63) is 30.5 Å². The van der Waals surface area contributed by atoms with Gasteiger partial charge in [0, 0.05) is 35.3 Å². The Morgan fingerprint density at radius 3 is 2.35 bits per heavy atom. The lowest BCUT2D eigenvalue weighted by molar-refractivity contribution is 0.243. The highest BCUT2D eigenvalue weighted by atomic mass is 16.5. The van der Waals surface area contributed by atoms with Crippen LogP contribution in [0.1, 0.15) is 33.6 Å². The summed E-state index contributed by atoms with van der Waals surface area (Å²) in [6, 6.07) is 7.01. The predicted molar refractivity (Wildman–Crippen MR) is 135 cm³/mol. The number of nitrogens with zero attached hydrogens (tertiary/aromatic N) is 3. The molecule has 3 aromatic rings. The molecule has 0 radical (unpaired) electrons. The van der Waals surface area contributed by atoms with Crippen LogP contribution in [0.5, 0.6) is 11.5 Å². The fraction of sp³-hybridized carbons (Fsp3) is 0.417. The van der Waals surface area contributed by atoms with Gasteiger partial charge in [0.1, 0.15) is 17.3 Å². The molecular formula is C24H33N7O3. The van der Waals surface area contributed by atoms with E-state index in [2.05, 4.69) is 30.9 Å². The lowest BCUT2D eigenvalue weighted by Gasteiger charge is -2.21. The number of benzene rings is 1. The fourth-order valence-electron chi connectivity index (χ4n) is 3.28.